The molecule has 1 fully saturated rings. The normalized spacial score (nSPS) is 23.5. The van der Waals surface area contributed by atoms with Crippen molar-refractivity contribution in [1.82, 2.24) is 0 Å². The van der Waals surface area contributed by atoms with Crippen molar-refractivity contribution in [1.29, 1.82) is 0 Å². The van der Waals surface area contributed by atoms with Gasteiger partial charge < -0.3 is 39.9 Å². The van der Waals surface area contributed by atoms with Crippen LogP contribution in [0.25, 0.3) is 0 Å². The van der Waals surface area contributed by atoms with E-state index in [1.54, 1.807) is 0 Å². The molecule has 0 bridgehead atoms. The number of carbonyl (C=O) groups excluding carboxylic acids is 2. The Bertz CT molecular complexity index is 1050. The maximum absolute atomic E-state index is 12.8. The van der Waals surface area contributed by atoms with E-state index in [4.69, 9.17) is 18.5 Å². The van der Waals surface area contributed by atoms with E-state index in [9.17, 15) is 44.6 Å². The van der Waals surface area contributed by atoms with Gasteiger partial charge in [0.2, 0.25) is 0 Å². The number of unbranched alkanes of at least 4 members (excludes halogenated alkanes) is 17. The number of phosphoric ester groups is 1. The standard InChI is InChI=1S/C40H73O13P/c1-3-5-7-9-11-13-15-16-17-19-21-23-25-27-29-34(42)52-32(30-50-33(41)28-26-24-22-20-18-14-12-10-8-6-4-2)31-51-54(48,49)53-40-38(46)36(44)35(43)37(45)39(40)47/h9,11,15-16,32,35-40,43-47H,3-8,10,12-14,17-31H2,1-2H3,(H,48,49)/b11-9-,16-15-. The lowest BCUT2D eigenvalue weighted by Gasteiger charge is -2.41. The van der Waals surface area contributed by atoms with E-state index in [-0.39, 0.29) is 12.8 Å². The first-order chi connectivity index (χ1) is 25.9. The summed E-state index contributed by atoms with van der Waals surface area (Å²) in [6, 6.07) is 0. The highest BCUT2D eigenvalue weighted by Gasteiger charge is 2.51. The minimum absolute atomic E-state index is 0.0826. The second-order valence-electron chi connectivity index (χ2n) is 14.5. The molecule has 54 heavy (non-hydrogen) atoms. The molecule has 6 unspecified atom stereocenters. The Kier molecular flexibility index (Phi) is 29.3. The number of hydrogen-bond donors (Lipinski definition) is 6. The molecule has 0 aromatic carbocycles. The van der Waals surface area contributed by atoms with Crippen LogP contribution in [0.5, 0.6) is 0 Å². The molecule has 0 spiro atoms. The smallest absolute Gasteiger partial charge is 0.462 e. The average Bonchev–Trinajstić information content (AvgIpc) is 3.15. The summed E-state index contributed by atoms with van der Waals surface area (Å²) in [6.07, 6.45) is 18.2. The number of phosphoric acid groups is 1. The van der Waals surface area contributed by atoms with Crippen molar-refractivity contribution in [2.45, 2.75) is 204 Å². The molecule has 1 saturated carbocycles. The number of aliphatic hydroxyl groups excluding tert-OH is 5. The van der Waals surface area contributed by atoms with Crippen LogP contribution in [0.4, 0.5) is 0 Å². The third kappa shape index (κ3) is 24.1. The van der Waals surface area contributed by atoms with Crippen LogP contribution in [-0.2, 0) is 32.7 Å². The zero-order valence-electron chi connectivity index (χ0n) is 33.0. The number of hydrogen-bond acceptors (Lipinski definition) is 12. The molecule has 316 valence electrons. The van der Waals surface area contributed by atoms with Crippen molar-refractivity contribution in [3.05, 3.63) is 24.3 Å². The Hall–Kier alpha value is -1.67. The largest absolute Gasteiger partial charge is 0.472 e. The van der Waals surface area contributed by atoms with Crippen LogP contribution in [-0.4, -0.2) is 98.3 Å². The third-order valence-corrected chi connectivity index (χ3v) is 10.5. The van der Waals surface area contributed by atoms with Crippen LogP contribution < -0.4 is 0 Å². The van der Waals surface area contributed by atoms with Gasteiger partial charge in [-0.1, -0.05) is 134 Å². The number of esters is 2. The summed E-state index contributed by atoms with van der Waals surface area (Å²) >= 11 is 0. The van der Waals surface area contributed by atoms with Crippen LogP contribution in [0, 0.1) is 0 Å². The molecule has 0 aromatic rings. The molecule has 1 rings (SSSR count). The van der Waals surface area contributed by atoms with Crippen LogP contribution in [0.15, 0.2) is 24.3 Å². The average molecular weight is 793 g/mol. The van der Waals surface area contributed by atoms with Crippen molar-refractivity contribution >= 4 is 19.8 Å². The first kappa shape index (κ1) is 50.3. The van der Waals surface area contributed by atoms with Gasteiger partial charge in [0.1, 0.15) is 43.2 Å². The molecular formula is C40H73O13P. The summed E-state index contributed by atoms with van der Waals surface area (Å²) < 4.78 is 33.4. The first-order valence-corrected chi connectivity index (χ1v) is 22.1. The van der Waals surface area contributed by atoms with Crippen molar-refractivity contribution in [2.24, 2.45) is 0 Å². The molecule has 1 aliphatic carbocycles. The van der Waals surface area contributed by atoms with Gasteiger partial charge in [0.25, 0.3) is 0 Å². The highest BCUT2D eigenvalue weighted by atomic mass is 31.2. The Balaban J connectivity index is 2.53. The maximum Gasteiger partial charge on any atom is 0.472 e. The Morgan fingerprint density at radius 3 is 1.56 bits per heavy atom. The number of carbonyl (C=O) groups is 2. The molecule has 0 aliphatic heterocycles. The molecule has 14 heteroatoms. The van der Waals surface area contributed by atoms with Crippen LogP contribution in [0.2, 0.25) is 0 Å². The lowest BCUT2D eigenvalue weighted by Crippen LogP contribution is -2.64. The highest BCUT2D eigenvalue weighted by molar-refractivity contribution is 7.47. The molecule has 0 radical (unpaired) electrons. The predicted molar refractivity (Wildman–Crippen MR) is 207 cm³/mol. The highest BCUT2D eigenvalue weighted by Crippen LogP contribution is 2.47. The lowest BCUT2D eigenvalue weighted by molar-refractivity contribution is -0.220. The molecule has 13 nitrogen and oxygen atoms in total. The van der Waals surface area contributed by atoms with E-state index in [0.29, 0.717) is 12.8 Å². The molecule has 6 atom stereocenters. The summed E-state index contributed by atoms with van der Waals surface area (Å²) in [4.78, 5) is 35.5. The fraction of sp³-hybridized carbons (Fsp3) is 0.850. The lowest BCUT2D eigenvalue weighted by atomic mass is 9.85. The second-order valence-corrected chi connectivity index (χ2v) is 15.9. The van der Waals surface area contributed by atoms with E-state index >= 15 is 0 Å². The van der Waals surface area contributed by atoms with E-state index < -0.39 is 75.7 Å². The number of rotatable bonds is 33. The Morgan fingerprint density at radius 1 is 0.574 bits per heavy atom. The number of allylic oxidation sites excluding steroid dienone is 4. The number of ether oxygens (including phenoxy) is 2. The molecule has 0 aromatic heterocycles. The van der Waals surface area contributed by atoms with Gasteiger partial charge in [-0.3, -0.25) is 18.6 Å². The maximum atomic E-state index is 12.8. The summed E-state index contributed by atoms with van der Waals surface area (Å²) in [5.74, 6) is -1.12. The molecular weight excluding hydrogens is 719 g/mol. The first-order valence-electron chi connectivity index (χ1n) is 20.6. The minimum atomic E-state index is -5.11. The molecule has 0 amide bonds. The number of aliphatic hydroxyl groups is 5. The molecule has 6 N–H and O–H groups in total. The summed E-state index contributed by atoms with van der Waals surface area (Å²) in [5, 5.41) is 50.0. The van der Waals surface area contributed by atoms with E-state index in [0.717, 1.165) is 64.2 Å². The minimum Gasteiger partial charge on any atom is -0.462 e. The molecule has 0 heterocycles. The van der Waals surface area contributed by atoms with Gasteiger partial charge in [0.05, 0.1) is 6.61 Å². The predicted octanol–water partition coefficient (Wildman–Crippen LogP) is 6.89. The van der Waals surface area contributed by atoms with Gasteiger partial charge in [0.15, 0.2) is 6.10 Å². The van der Waals surface area contributed by atoms with Crippen LogP contribution in [0.1, 0.15) is 162 Å². The van der Waals surface area contributed by atoms with Gasteiger partial charge in [-0.2, -0.15) is 0 Å². The zero-order valence-corrected chi connectivity index (χ0v) is 33.9. The van der Waals surface area contributed by atoms with Crippen molar-refractivity contribution in [3.63, 3.8) is 0 Å². The summed E-state index contributed by atoms with van der Waals surface area (Å²) in [7, 11) is -5.11. The summed E-state index contributed by atoms with van der Waals surface area (Å²) in [5.41, 5.74) is 0. The van der Waals surface area contributed by atoms with Gasteiger partial charge in [-0.25, -0.2) is 4.57 Å². The van der Waals surface area contributed by atoms with Crippen molar-refractivity contribution in [2.75, 3.05) is 13.2 Å². The fourth-order valence-electron chi connectivity index (χ4n) is 6.13. The van der Waals surface area contributed by atoms with E-state index in [2.05, 4.69) is 38.2 Å². The van der Waals surface area contributed by atoms with E-state index in [1.807, 2.05) is 0 Å². The SMILES string of the molecule is CCCC/C=C\C/C=C\CCCCCCCC(=O)OC(COC(=O)CCCCCCCCCCCCC)COP(=O)(O)OC1C(O)C(O)C(O)C(O)C1O. The van der Waals surface area contributed by atoms with Crippen molar-refractivity contribution < 1.29 is 63.1 Å². The van der Waals surface area contributed by atoms with Gasteiger partial charge in [-0.15, -0.1) is 0 Å². The van der Waals surface area contributed by atoms with Gasteiger partial charge in [-0.05, 0) is 38.5 Å². The zero-order chi connectivity index (χ0) is 40.0. The van der Waals surface area contributed by atoms with Crippen molar-refractivity contribution in [3.8, 4) is 0 Å². The third-order valence-electron chi connectivity index (χ3n) is 9.55. The Morgan fingerprint density at radius 2 is 1.02 bits per heavy atom. The van der Waals surface area contributed by atoms with Crippen LogP contribution >= 0.6 is 7.82 Å². The Labute approximate surface area is 324 Å². The van der Waals surface area contributed by atoms with Gasteiger partial charge >= 0.3 is 19.8 Å². The van der Waals surface area contributed by atoms with Crippen LogP contribution in [0.3, 0.4) is 0 Å². The van der Waals surface area contributed by atoms with E-state index in [1.165, 1.54) is 57.8 Å². The quantitative estimate of drug-likeness (QED) is 0.0173. The molecule has 1 aliphatic rings. The molecule has 0 saturated heterocycles. The second kappa shape index (κ2) is 31.4. The topological polar surface area (TPSA) is 210 Å². The fourth-order valence-corrected chi connectivity index (χ4v) is 7.10. The van der Waals surface area contributed by atoms with Gasteiger partial charge in [0, 0.05) is 12.8 Å². The summed E-state index contributed by atoms with van der Waals surface area (Å²) in [6.45, 7) is 3.21. The monoisotopic (exact) mass is 792 g/mol.